The quantitative estimate of drug-likeness (QED) is 0.122. The van der Waals surface area contributed by atoms with Gasteiger partial charge in [-0.15, -0.1) is 11.3 Å². The summed E-state index contributed by atoms with van der Waals surface area (Å²) in [4.78, 5) is 20.6. The van der Waals surface area contributed by atoms with Gasteiger partial charge in [0, 0.05) is 64.3 Å². The number of fused-ring (bicyclic) bond motifs is 12. The van der Waals surface area contributed by atoms with Gasteiger partial charge in [-0.2, -0.15) is 0 Å². The minimum atomic E-state index is -0.495. The maximum atomic E-state index is 6.85. The first-order valence-corrected chi connectivity index (χ1v) is 39.0. The molecule has 112 heavy (non-hydrogen) atoms. The third kappa shape index (κ3) is 10.8. The zero-order chi connectivity index (χ0) is 74.1. The van der Waals surface area contributed by atoms with Crippen molar-refractivity contribution in [2.75, 3.05) is 0 Å². The highest BCUT2D eigenvalue weighted by Gasteiger charge is 2.48. The molecule has 20 aromatic rings. The first-order valence-electron chi connectivity index (χ1n) is 38.2. The van der Waals surface area contributed by atoms with Crippen LogP contribution in [-0.4, -0.2) is 19.9 Å². The molecule has 0 bridgehead atoms. The Balaban J connectivity index is 0.000000141. The molecule has 0 unspecified atom stereocenters. The molecule has 5 nitrogen and oxygen atoms in total. The van der Waals surface area contributed by atoms with Crippen LogP contribution in [0.2, 0.25) is 0 Å². The molecule has 0 radical (unpaired) electrons. The van der Waals surface area contributed by atoms with Crippen LogP contribution in [0.25, 0.3) is 154 Å². The number of rotatable bonds is 12. The average molecular weight is 1450 g/mol. The van der Waals surface area contributed by atoms with E-state index < -0.39 is 10.8 Å². The van der Waals surface area contributed by atoms with Crippen molar-refractivity contribution >= 4 is 53.4 Å². The lowest BCUT2D eigenvalue weighted by molar-refractivity contribution is 0.670. The van der Waals surface area contributed by atoms with Crippen LogP contribution in [0.3, 0.4) is 0 Å². The summed E-state index contributed by atoms with van der Waals surface area (Å²) >= 11 is 1.84. The number of hydrogen-bond donors (Lipinski definition) is 0. The molecule has 0 fully saturated rings. The third-order valence-corrected chi connectivity index (χ3v) is 24.0. The highest BCUT2D eigenvalue weighted by Crippen LogP contribution is 2.60. The molecule has 22 rings (SSSR count). The molecule has 0 N–H and O–H groups in total. The number of nitrogens with zero attached hydrogens (tertiary/aromatic N) is 4. The second-order valence-corrected chi connectivity index (χ2v) is 29.9. The molecule has 0 spiro atoms. The fraction of sp³-hybridized carbons (Fsp3) is 0.0189. The fourth-order valence-electron chi connectivity index (χ4n) is 17.9. The lowest BCUT2D eigenvalue weighted by Gasteiger charge is -2.34. The number of benzene rings is 16. The van der Waals surface area contributed by atoms with E-state index in [0.717, 1.165) is 95.0 Å². The van der Waals surface area contributed by atoms with Crippen LogP contribution in [0, 0.1) is 0 Å². The standard InChI is InChI=1S/C53H34N2O.C53H34N2S/c2*1-5-17-35(18-6-1)47-34-48(55-52(54-47)36-19-7-2-8-20-36)43-32-31-40(50-44-26-14-16-28-49(44)56-51(43)50)37-29-30-42-41-25-13-15-27-45(41)53(46(42)33-37,38-21-9-3-10-22-38)39-23-11-4-12-24-39/h2*1-34H. The van der Waals surface area contributed by atoms with Gasteiger partial charge in [0.1, 0.15) is 11.2 Å². The van der Waals surface area contributed by atoms with Crippen LogP contribution in [0.4, 0.5) is 0 Å². The predicted molar refractivity (Wildman–Crippen MR) is 462 cm³/mol. The van der Waals surface area contributed by atoms with E-state index in [4.69, 9.17) is 24.4 Å². The molecule has 2 aliphatic rings. The van der Waals surface area contributed by atoms with Crippen molar-refractivity contribution in [3.8, 4) is 112 Å². The van der Waals surface area contributed by atoms with Crippen molar-refractivity contribution < 1.29 is 4.42 Å². The van der Waals surface area contributed by atoms with Crippen LogP contribution < -0.4 is 0 Å². The molecule has 0 saturated carbocycles. The van der Waals surface area contributed by atoms with Crippen molar-refractivity contribution in [2.24, 2.45) is 0 Å². The van der Waals surface area contributed by atoms with Gasteiger partial charge in [0.05, 0.1) is 33.6 Å². The summed E-state index contributed by atoms with van der Waals surface area (Å²) in [5.41, 5.74) is 30.2. The van der Waals surface area contributed by atoms with Crippen LogP contribution in [0.1, 0.15) is 44.5 Å². The van der Waals surface area contributed by atoms with Crippen LogP contribution in [-0.2, 0) is 10.8 Å². The van der Waals surface area contributed by atoms with Gasteiger partial charge in [0.15, 0.2) is 11.6 Å². The van der Waals surface area contributed by atoms with Crippen LogP contribution in [0.5, 0.6) is 0 Å². The van der Waals surface area contributed by atoms with Gasteiger partial charge in [-0.1, -0.05) is 370 Å². The van der Waals surface area contributed by atoms with Crippen molar-refractivity contribution in [1.82, 2.24) is 19.9 Å². The molecular formula is C106H68N4OS. The second-order valence-electron chi connectivity index (χ2n) is 28.9. The van der Waals surface area contributed by atoms with Crippen molar-refractivity contribution in [1.29, 1.82) is 0 Å². The highest BCUT2D eigenvalue weighted by molar-refractivity contribution is 7.26. The van der Waals surface area contributed by atoms with Crippen LogP contribution in [0.15, 0.2) is 417 Å². The van der Waals surface area contributed by atoms with Crippen molar-refractivity contribution in [3.05, 3.63) is 457 Å². The number of aromatic nitrogens is 4. The Kier molecular flexibility index (Phi) is 16.1. The molecule has 0 atom stereocenters. The van der Waals surface area contributed by atoms with E-state index in [1.807, 2.05) is 78.1 Å². The summed E-state index contributed by atoms with van der Waals surface area (Å²) in [6.45, 7) is 0. The molecule has 524 valence electrons. The number of para-hydroxylation sites is 1. The Morgan fingerprint density at radius 1 is 0.223 bits per heavy atom. The lowest BCUT2D eigenvalue weighted by Crippen LogP contribution is -2.28. The van der Waals surface area contributed by atoms with E-state index in [-0.39, 0.29) is 0 Å². The Labute approximate surface area is 653 Å². The molecule has 16 aromatic carbocycles. The van der Waals surface area contributed by atoms with Gasteiger partial charge in [0.25, 0.3) is 0 Å². The topological polar surface area (TPSA) is 64.7 Å². The molecule has 0 aliphatic heterocycles. The molecule has 2 aliphatic carbocycles. The largest absolute Gasteiger partial charge is 0.455 e. The predicted octanol–water partition coefficient (Wildman–Crippen LogP) is 27.3. The first kappa shape index (κ1) is 65.9. The smallest absolute Gasteiger partial charge is 0.160 e. The van der Waals surface area contributed by atoms with Crippen LogP contribution >= 0.6 is 11.3 Å². The van der Waals surface area contributed by atoms with E-state index in [9.17, 15) is 0 Å². The van der Waals surface area contributed by atoms with E-state index in [1.54, 1.807) is 0 Å². The fourth-order valence-corrected chi connectivity index (χ4v) is 19.1. The Bertz CT molecular complexity index is 6350. The molecule has 4 heterocycles. The third-order valence-electron chi connectivity index (χ3n) is 22.8. The van der Waals surface area contributed by atoms with E-state index >= 15 is 0 Å². The summed E-state index contributed by atoms with van der Waals surface area (Å²) in [5.74, 6) is 1.39. The first-order chi connectivity index (χ1) is 55.5. The summed E-state index contributed by atoms with van der Waals surface area (Å²) in [6, 6.07) is 148. The van der Waals surface area contributed by atoms with E-state index in [2.05, 4.69) is 346 Å². The maximum absolute atomic E-state index is 6.85. The van der Waals surface area contributed by atoms with Gasteiger partial charge >= 0.3 is 0 Å². The highest BCUT2D eigenvalue weighted by atomic mass is 32.1. The SMILES string of the molecule is c1ccc(-c2cc(-c3ccc(-c4ccc5c(c4)C(c4ccccc4)(c4ccccc4)c4ccccc4-5)c4c3oc3ccccc34)nc(-c3ccccc3)n2)cc1.c1ccc(-c2cc(-c3ccc(-c4ccc5c(c4)C(c4ccccc4)(c4ccccc4)c4ccccc4-5)c4c3sc3ccccc34)nc(-c3ccccc3)n2)cc1. The Morgan fingerprint density at radius 2 is 0.562 bits per heavy atom. The Hall–Kier alpha value is -14.3. The monoisotopic (exact) mass is 1440 g/mol. The number of thiophene rings is 1. The number of hydrogen-bond acceptors (Lipinski definition) is 6. The van der Waals surface area contributed by atoms with E-state index in [0.29, 0.717) is 5.82 Å². The Morgan fingerprint density at radius 3 is 1.04 bits per heavy atom. The van der Waals surface area contributed by atoms with Gasteiger partial charge in [-0.25, -0.2) is 19.9 Å². The number of furan rings is 1. The minimum absolute atomic E-state index is 0.469. The van der Waals surface area contributed by atoms with Gasteiger partial charge in [-0.05, 0) is 131 Å². The zero-order valence-corrected chi connectivity index (χ0v) is 61.7. The molecule has 0 amide bonds. The molecular weight excluding hydrogens is 1380 g/mol. The maximum Gasteiger partial charge on any atom is 0.160 e. The molecule has 0 saturated heterocycles. The van der Waals surface area contributed by atoms with Gasteiger partial charge in [-0.3, -0.25) is 0 Å². The lowest BCUT2D eigenvalue weighted by atomic mass is 9.67. The molecule has 6 heteroatoms. The van der Waals surface area contributed by atoms with Crippen molar-refractivity contribution in [3.63, 3.8) is 0 Å². The van der Waals surface area contributed by atoms with Crippen molar-refractivity contribution in [2.45, 2.75) is 10.8 Å². The summed E-state index contributed by atoms with van der Waals surface area (Å²) in [7, 11) is 0. The van der Waals surface area contributed by atoms with Gasteiger partial charge in [0.2, 0.25) is 0 Å². The molecule has 4 aromatic heterocycles. The summed E-state index contributed by atoms with van der Waals surface area (Å²) in [6.07, 6.45) is 0. The summed E-state index contributed by atoms with van der Waals surface area (Å²) in [5, 5.41) is 4.65. The summed E-state index contributed by atoms with van der Waals surface area (Å²) < 4.78 is 9.34. The second kappa shape index (κ2) is 27.4. The normalized spacial score (nSPS) is 12.8. The average Bonchev–Trinajstić information content (AvgIpc) is 1.54. The van der Waals surface area contributed by atoms with Gasteiger partial charge < -0.3 is 4.42 Å². The van der Waals surface area contributed by atoms with E-state index in [1.165, 1.54) is 98.1 Å². The zero-order valence-electron chi connectivity index (χ0n) is 60.9. The minimum Gasteiger partial charge on any atom is -0.455 e.